The van der Waals surface area contributed by atoms with E-state index in [2.05, 4.69) is 24.3 Å². The van der Waals surface area contributed by atoms with Gasteiger partial charge in [-0.1, -0.05) is 13.8 Å². The van der Waals surface area contributed by atoms with E-state index >= 15 is 0 Å². The highest BCUT2D eigenvalue weighted by Gasteiger charge is 2.26. The summed E-state index contributed by atoms with van der Waals surface area (Å²) in [5.74, 6) is 0.582. The number of hydrogen-bond donors (Lipinski definition) is 2. The number of carbonyl (C=O) groups is 1. The quantitative estimate of drug-likeness (QED) is 0.850. The van der Waals surface area contributed by atoms with Gasteiger partial charge in [-0.3, -0.25) is 9.48 Å². The zero-order valence-electron chi connectivity index (χ0n) is 12.2. The summed E-state index contributed by atoms with van der Waals surface area (Å²) in [7, 11) is 0. The molecule has 0 radical (unpaired) electrons. The van der Waals surface area contributed by atoms with Crippen molar-refractivity contribution in [2.45, 2.75) is 39.3 Å². The summed E-state index contributed by atoms with van der Waals surface area (Å²) in [4.78, 5) is 12.1. The minimum atomic E-state index is -0.479. The predicted molar refractivity (Wildman–Crippen MR) is 77.2 cm³/mol. The molecule has 6 heteroatoms. The molecule has 1 aliphatic rings. The molecule has 6 nitrogen and oxygen atoms in total. The van der Waals surface area contributed by atoms with Crippen LogP contribution in [0.15, 0.2) is 12.4 Å². The van der Waals surface area contributed by atoms with Crippen LogP contribution in [0.3, 0.4) is 0 Å². The van der Waals surface area contributed by atoms with E-state index in [9.17, 15) is 4.79 Å². The van der Waals surface area contributed by atoms with Gasteiger partial charge in [0.15, 0.2) is 0 Å². The van der Waals surface area contributed by atoms with Crippen molar-refractivity contribution < 1.29 is 9.53 Å². The molecular weight excluding hydrogens is 256 g/mol. The summed E-state index contributed by atoms with van der Waals surface area (Å²) < 4.78 is 7.12. The average Bonchev–Trinajstić information content (AvgIpc) is 2.85. The lowest BCUT2D eigenvalue weighted by molar-refractivity contribution is -0.119. The first-order chi connectivity index (χ1) is 9.56. The highest BCUT2D eigenvalue weighted by molar-refractivity contribution is 5.94. The average molecular weight is 280 g/mol. The van der Waals surface area contributed by atoms with Crippen LogP contribution in [0.5, 0.6) is 0 Å². The molecule has 1 aromatic rings. The second-order valence-corrected chi connectivity index (χ2v) is 5.81. The fraction of sp³-hybridized carbons (Fsp3) is 0.714. The first-order valence-electron chi connectivity index (χ1n) is 7.23. The van der Waals surface area contributed by atoms with Gasteiger partial charge in [0, 0.05) is 26.0 Å². The molecule has 1 fully saturated rings. The van der Waals surface area contributed by atoms with Crippen molar-refractivity contribution in [2.24, 2.45) is 17.6 Å². The SMILES string of the molecule is CC(C)Cn1cc(NC(=O)C(N)C2CCOCC2)cn1. The van der Waals surface area contributed by atoms with E-state index in [0.29, 0.717) is 24.8 Å². The maximum Gasteiger partial charge on any atom is 0.241 e. The lowest BCUT2D eigenvalue weighted by Crippen LogP contribution is -2.43. The Morgan fingerprint density at radius 2 is 2.25 bits per heavy atom. The number of amides is 1. The number of nitrogens with two attached hydrogens (primary N) is 1. The molecule has 1 unspecified atom stereocenters. The van der Waals surface area contributed by atoms with Crippen molar-refractivity contribution in [1.29, 1.82) is 0 Å². The van der Waals surface area contributed by atoms with E-state index in [1.54, 1.807) is 6.20 Å². The number of anilines is 1. The molecule has 1 aromatic heterocycles. The zero-order valence-corrected chi connectivity index (χ0v) is 12.2. The molecule has 2 heterocycles. The van der Waals surface area contributed by atoms with Gasteiger partial charge in [0.1, 0.15) is 0 Å². The molecule has 0 saturated carbocycles. The Kier molecular flexibility index (Phi) is 5.14. The normalized spacial score (nSPS) is 18.2. The fourth-order valence-electron chi connectivity index (χ4n) is 2.42. The van der Waals surface area contributed by atoms with Gasteiger partial charge in [-0.25, -0.2) is 0 Å². The Hall–Kier alpha value is -1.40. The summed E-state index contributed by atoms with van der Waals surface area (Å²) in [5.41, 5.74) is 6.74. The lowest BCUT2D eigenvalue weighted by Gasteiger charge is -2.26. The summed E-state index contributed by atoms with van der Waals surface area (Å²) in [6, 6.07) is -0.479. The fourth-order valence-corrected chi connectivity index (χ4v) is 2.42. The Balaban J connectivity index is 1.88. The summed E-state index contributed by atoms with van der Waals surface area (Å²) in [6.07, 6.45) is 5.20. The Morgan fingerprint density at radius 1 is 1.55 bits per heavy atom. The number of aromatic nitrogens is 2. The van der Waals surface area contributed by atoms with E-state index in [0.717, 1.165) is 19.4 Å². The van der Waals surface area contributed by atoms with Crippen molar-refractivity contribution >= 4 is 11.6 Å². The van der Waals surface area contributed by atoms with Crippen LogP contribution < -0.4 is 11.1 Å². The largest absolute Gasteiger partial charge is 0.381 e. The molecule has 1 atom stereocenters. The van der Waals surface area contributed by atoms with Crippen LogP contribution in [-0.4, -0.2) is 34.9 Å². The minimum Gasteiger partial charge on any atom is -0.381 e. The molecule has 1 saturated heterocycles. The smallest absolute Gasteiger partial charge is 0.241 e. The van der Waals surface area contributed by atoms with Crippen molar-refractivity contribution in [1.82, 2.24) is 9.78 Å². The van der Waals surface area contributed by atoms with Crippen LogP contribution in [0.2, 0.25) is 0 Å². The van der Waals surface area contributed by atoms with Gasteiger partial charge in [0.25, 0.3) is 0 Å². The molecule has 112 valence electrons. The molecule has 0 bridgehead atoms. The van der Waals surface area contributed by atoms with Crippen LogP contribution in [0, 0.1) is 11.8 Å². The van der Waals surface area contributed by atoms with E-state index < -0.39 is 6.04 Å². The van der Waals surface area contributed by atoms with Crippen molar-refractivity contribution in [2.75, 3.05) is 18.5 Å². The van der Waals surface area contributed by atoms with Crippen LogP contribution in [0.4, 0.5) is 5.69 Å². The highest BCUT2D eigenvalue weighted by Crippen LogP contribution is 2.18. The standard InChI is InChI=1S/C14H24N4O2/c1-10(2)8-18-9-12(7-16-18)17-14(19)13(15)11-3-5-20-6-4-11/h7,9-11,13H,3-6,8,15H2,1-2H3,(H,17,19). The number of carbonyl (C=O) groups excluding carboxylic acids is 1. The van der Waals surface area contributed by atoms with Gasteiger partial charge in [-0.05, 0) is 24.7 Å². The van der Waals surface area contributed by atoms with Gasteiger partial charge < -0.3 is 15.8 Å². The third-order valence-electron chi connectivity index (χ3n) is 3.53. The number of ether oxygens (including phenoxy) is 1. The van der Waals surface area contributed by atoms with Gasteiger partial charge >= 0.3 is 0 Å². The molecule has 0 aromatic carbocycles. The second kappa shape index (κ2) is 6.85. The van der Waals surface area contributed by atoms with Crippen molar-refractivity contribution in [3.05, 3.63) is 12.4 Å². The third-order valence-corrected chi connectivity index (χ3v) is 3.53. The number of rotatable bonds is 5. The monoisotopic (exact) mass is 280 g/mol. The first-order valence-corrected chi connectivity index (χ1v) is 7.23. The molecule has 1 amide bonds. The maximum absolute atomic E-state index is 12.1. The predicted octanol–water partition coefficient (Wildman–Crippen LogP) is 1.23. The molecule has 20 heavy (non-hydrogen) atoms. The van der Waals surface area contributed by atoms with Crippen LogP contribution >= 0.6 is 0 Å². The molecule has 0 aliphatic carbocycles. The van der Waals surface area contributed by atoms with Gasteiger partial charge in [-0.15, -0.1) is 0 Å². The molecule has 2 rings (SSSR count). The molecule has 1 aliphatic heterocycles. The van der Waals surface area contributed by atoms with Crippen LogP contribution in [0.1, 0.15) is 26.7 Å². The number of nitrogens with zero attached hydrogens (tertiary/aromatic N) is 2. The van der Waals surface area contributed by atoms with E-state index in [1.165, 1.54) is 0 Å². The summed E-state index contributed by atoms with van der Waals surface area (Å²) in [6.45, 7) is 6.47. The summed E-state index contributed by atoms with van der Waals surface area (Å²) in [5, 5.41) is 7.07. The van der Waals surface area contributed by atoms with Gasteiger partial charge in [-0.2, -0.15) is 5.10 Å². The second-order valence-electron chi connectivity index (χ2n) is 5.81. The summed E-state index contributed by atoms with van der Waals surface area (Å²) >= 11 is 0. The zero-order chi connectivity index (χ0) is 14.5. The Bertz CT molecular complexity index is 438. The van der Waals surface area contributed by atoms with Gasteiger partial charge in [0.05, 0.1) is 17.9 Å². The van der Waals surface area contributed by atoms with E-state index in [1.807, 2.05) is 10.9 Å². The van der Waals surface area contributed by atoms with Gasteiger partial charge in [0.2, 0.25) is 5.91 Å². The highest BCUT2D eigenvalue weighted by atomic mass is 16.5. The lowest BCUT2D eigenvalue weighted by atomic mass is 9.92. The number of nitrogens with one attached hydrogen (secondary N) is 1. The first kappa shape index (κ1) is 15.0. The van der Waals surface area contributed by atoms with Crippen LogP contribution in [0.25, 0.3) is 0 Å². The topological polar surface area (TPSA) is 82.2 Å². The van der Waals surface area contributed by atoms with E-state index in [-0.39, 0.29) is 11.8 Å². The molecule has 3 N–H and O–H groups in total. The van der Waals surface area contributed by atoms with E-state index in [4.69, 9.17) is 10.5 Å². The van der Waals surface area contributed by atoms with Crippen LogP contribution in [-0.2, 0) is 16.1 Å². The molecule has 0 spiro atoms. The minimum absolute atomic E-state index is 0.138. The third kappa shape index (κ3) is 4.05. The molecular formula is C14H24N4O2. The Labute approximate surface area is 119 Å². The van der Waals surface area contributed by atoms with Crippen molar-refractivity contribution in [3.63, 3.8) is 0 Å². The maximum atomic E-state index is 12.1. The van der Waals surface area contributed by atoms with Crippen molar-refractivity contribution in [3.8, 4) is 0 Å². The number of hydrogen-bond acceptors (Lipinski definition) is 4. The Morgan fingerprint density at radius 3 is 2.90 bits per heavy atom.